The van der Waals surface area contributed by atoms with E-state index in [9.17, 15) is 14.7 Å². The van der Waals surface area contributed by atoms with Crippen molar-refractivity contribution in [1.82, 2.24) is 15.2 Å². The van der Waals surface area contributed by atoms with Crippen LogP contribution in [0.25, 0.3) is 0 Å². The van der Waals surface area contributed by atoms with E-state index in [0.29, 0.717) is 13.1 Å². The molecule has 0 radical (unpaired) electrons. The highest BCUT2D eigenvalue weighted by molar-refractivity contribution is 5.94. The molecule has 0 aliphatic carbocycles. The molecule has 1 aromatic rings. The van der Waals surface area contributed by atoms with E-state index in [1.807, 2.05) is 0 Å². The quantitative estimate of drug-likeness (QED) is 0.759. The standard InChI is InChI=1S/C12H15N3O4/c1-15-6-10(19-7-11(15)17)5-14-12(18)8-2-9(16)4-13-3-8/h2-4,10,16H,5-7H2,1H3,(H,14,18)/t10-/m0/s1. The van der Waals surface area contributed by atoms with Crippen molar-refractivity contribution < 1.29 is 19.4 Å². The molecule has 2 rings (SSSR count). The number of aromatic nitrogens is 1. The van der Waals surface area contributed by atoms with Gasteiger partial charge in [-0.1, -0.05) is 0 Å². The second-order valence-electron chi connectivity index (χ2n) is 4.35. The number of hydrogen-bond donors (Lipinski definition) is 2. The van der Waals surface area contributed by atoms with Crippen LogP contribution >= 0.6 is 0 Å². The van der Waals surface area contributed by atoms with Crippen LogP contribution in [-0.2, 0) is 9.53 Å². The van der Waals surface area contributed by atoms with Gasteiger partial charge in [0.25, 0.3) is 5.91 Å². The fraction of sp³-hybridized carbons (Fsp3) is 0.417. The van der Waals surface area contributed by atoms with Crippen LogP contribution in [-0.4, -0.2) is 59.7 Å². The van der Waals surface area contributed by atoms with E-state index in [1.54, 1.807) is 11.9 Å². The Kier molecular flexibility index (Phi) is 3.96. The molecule has 1 fully saturated rings. The van der Waals surface area contributed by atoms with Crippen LogP contribution < -0.4 is 5.32 Å². The molecular weight excluding hydrogens is 250 g/mol. The number of amides is 2. The molecule has 7 nitrogen and oxygen atoms in total. The lowest BCUT2D eigenvalue weighted by Crippen LogP contribution is -2.48. The smallest absolute Gasteiger partial charge is 0.253 e. The second-order valence-corrected chi connectivity index (χ2v) is 4.35. The summed E-state index contributed by atoms with van der Waals surface area (Å²) in [5.41, 5.74) is 0.278. The van der Waals surface area contributed by atoms with E-state index in [0.717, 1.165) is 0 Å². The van der Waals surface area contributed by atoms with Gasteiger partial charge in [-0.2, -0.15) is 0 Å². The highest BCUT2D eigenvalue weighted by Crippen LogP contribution is 2.08. The molecule has 0 aromatic carbocycles. The molecule has 1 aliphatic rings. The van der Waals surface area contributed by atoms with Crippen molar-refractivity contribution in [2.45, 2.75) is 6.10 Å². The van der Waals surface area contributed by atoms with Gasteiger partial charge in [0.1, 0.15) is 12.4 Å². The van der Waals surface area contributed by atoms with Gasteiger partial charge in [0, 0.05) is 26.3 Å². The highest BCUT2D eigenvalue weighted by Gasteiger charge is 2.23. The monoisotopic (exact) mass is 265 g/mol. The summed E-state index contributed by atoms with van der Waals surface area (Å²) in [6, 6.07) is 1.33. The summed E-state index contributed by atoms with van der Waals surface area (Å²) >= 11 is 0. The topological polar surface area (TPSA) is 91.8 Å². The zero-order valence-corrected chi connectivity index (χ0v) is 10.5. The number of hydrogen-bond acceptors (Lipinski definition) is 5. The Bertz CT molecular complexity index is 492. The first kappa shape index (κ1) is 13.3. The Morgan fingerprint density at radius 3 is 3.11 bits per heavy atom. The maximum absolute atomic E-state index is 11.8. The first-order chi connectivity index (χ1) is 9.06. The normalized spacial score (nSPS) is 19.3. The van der Waals surface area contributed by atoms with Gasteiger partial charge in [-0.3, -0.25) is 14.6 Å². The molecule has 1 saturated heterocycles. The molecule has 1 aromatic heterocycles. The van der Waals surface area contributed by atoms with Crippen molar-refractivity contribution in [2.75, 3.05) is 26.7 Å². The van der Waals surface area contributed by atoms with Gasteiger partial charge < -0.3 is 20.1 Å². The van der Waals surface area contributed by atoms with E-state index in [1.165, 1.54) is 18.5 Å². The Morgan fingerprint density at radius 1 is 1.63 bits per heavy atom. The molecule has 1 atom stereocenters. The maximum Gasteiger partial charge on any atom is 0.253 e. The summed E-state index contributed by atoms with van der Waals surface area (Å²) < 4.78 is 5.30. The lowest BCUT2D eigenvalue weighted by molar-refractivity contribution is -0.146. The minimum absolute atomic E-state index is 0.0325. The molecule has 0 bridgehead atoms. The molecule has 2 heterocycles. The SMILES string of the molecule is CN1C[C@H](CNC(=O)c2cncc(O)c2)OCC1=O. The Hall–Kier alpha value is -2.15. The van der Waals surface area contributed by atoms with Crippen molar-refractivity contribution in [3.8, 4) is 5.75 Å². The van der Waals surface area contributed by atoms with Crippen LogP contribution in [0.3, 0.4) is 0 Å². The van der Waals surface area contributed by atoms with E-state index >= 15 is 0 Å². The number of pyridine rings is 1. The fourth-order valence-corrected chi connectivity index (χ4v) is 1.74. The van der Waals surface area contributed by atoms with Crippen LogP contribution in [0, 0.1) is 0 Å². The summed E-state index contributed by atoms with van der Waals surface area (Å²) in [6.07, 6.45) is 2.39. The second kappa shape index (κ2) is 5.66. The minimum Gasteiger partial charge on any atom is -0.506 e. The Morgan fingerprint density at radius 2 is 2.42 bits per heavy atom. The van der Waals surface area contributed by atoms with Gasteiger partial charge in [-0.15, -0.1) is 0 Å². The lowest BCUT2D eigenvalue weighted by Gasteiger charge is -2.29. The van der Waals surface area contributed by atoms with Gasteiger partial charge in [0.2, 0.25) is 5.91 Å². The summed E-state index contributed by atoms with van der Waals surface area (Å²) in [5, 5.41) is 11.9. The summed E-state index contributed by atoms with van der Waals surface area (Å²) in [6.45, 7) is 0.772. The van der Waals surface area contributed by atoms with Gasteiger partial charge >= 0.3 is 0 Å². The average Bonchev–Trinajstić information content (AvgIpc) is 2.40. The number of likely N-dealkylation sites (N-methyl/N-ethyl adjacent to an activating group) is 1. The molecule has 2 N–H and O–H groups in total. The number of nitrogens with one attached hydrogen (secondary N) is 1. The fourth-order valence-electron chi connectivity index (χ4n) is 1.74. The number of nitrogens with zero attached hydrogens (tertiary/aromatic N) is 2. The lowest BCUT2D eigenvalue weighted by atomic mass is 10.2. The molecule has 1 aliphatic heterocycles. The van der Waals surface area contributed by atoms with Crippen LogP contribution in [0.2, 0.25) is 0 Å². The van der Waals surface area contributed by atoms with Crippen molar-refractivity contribution in [3.05, 3.63) is 24.0 Å². The number of morpholine rings is 1. The molecule has 0 unspecified atom stereocenters. The van der Waals surface area contributed by atoms with Gasteiger partial charge in [0.05, 0.1) is 17.9 Å². The van der Waals surface area contributed by atoms with E-state index in [4.69, 9.17) is 4.74 Å². The first-order valence-electron chi connectivity index (χ1n) is 5.84. The number of aromatic hydroxyl groups is 1. The molecule has 102 valence electrons. The zero-order valence-electron chi connectivity index (χ0n) is 10.5. The number of rotatable bonds is 3. The summed E-state index contributed by atoms with van der Waals surface area (Å²) in [4.78, 5) is 28.3. The van der Waals surface area contributed by atoms with Gasteiger partial charge in [-0.25, -0.2) is 0 Å². The highest BCUT2D eigenvalue weighted by atomic mass is 16.5. The van der Waals surface area contributed by atoms with Crippen LogP contribution in [0.5, 0.6) is 5.75 Å². The van der Waals surface area contributed by atoms with Gasteiger partial charge in [-0.05, 0) is 6.07 Å². The number of carbonyl (C=O) groups excluding carboxylic acids is 2. The summed E-state index contributed by atoms with van der Waals surface area (Å²) in [7, 11) is 1.69. The molecular formula is C12H15N3O4. The van der Waals surface area contributed by atoms with Crippen LogP contribution in [0.1, 0.15) is 10.4 Å². The van der Waals surface area contributed by atoms with Crippen molar-refractivity contribution in [1.29, 1.82) is 0 Å². The first-order valence-corrected chi connectivity index (χ1v) is 5.84. The third kappa shape index (κ3) is 3.41. The Labute approximate surface area is 110 Å². The molecule has 7 heteroatoms. The molecule has 2 amide bonds. The van der Waals surface area contributed by atoms with E-state index in [2.05, 4.69) is 10.3 Å². The Balaban J connectivity index is 1.85. The molecule has 0 spiro atoms. The van der Waals surface area contributed by atoms with E-state index in [-0.39, 0.29) is 35.8 Å². The molecule has 0 saturated carbocycles. The number of ether oxygens (including phenoxy) is 1. The van der Waals surface area contributed by atoms with Crippen molar-refractivity contribution in [2.24, 2.45) is 0 Å². The van der Waals surface area contributed by atoms with Crippen LogP contribution in [0.15, 0.2) is 18.5 Å². The van der Waals surface area contributed by atoms with Crippen molar-refractivity contribution >= 4 is 11.8 Å². The third-order valence-corrected chi connectivity index (χ3v) is 2.82. The predicted octanol–water partition coefficient (Wildman–Crippen LogP) is -0.626. The van der Waals surface area contributed by atoms with Gasteiger partial charge in [0.15, 0.2) is 0 Å². The predicted molar refractivity (Wildman–Crippen MR) is 65.6 cm³/mol. The largest absolute Gasteiger partial charge is 0.506 e. The summed E-state index contributed by atoms with van der Waals surface area (Å²) in [5.74, 6) is -0.474. The minimum atomic E-state index is -0.341. The van der Waals surface area contributed by atoms with Crippen LogP contribution in [0.4, 0.5) is 0 Å². The van der Waals surface area contributed by atoms with E-state index < -0.39 is 0 Å². The maximum atomic E-state index is 11.8. The average molecular weight is 265 g/mol. The zero-order chi connectivity index (χ0) is 13.8. The number of carbonyl (C=O) groups is 2. The molecule has 19 heavy (non-hydrogen) atoms. The third-order valence-electron chi connectivity index (χ3n) is 2.82. The van der Waals surface area contributed by atoms with Crippen molar-refractivity contribution in [3.63, 3.8) is 0 Å².